The number of likely N-dealkylation sites (tertiary alicyclic amines) is 1. The highest BCUT2D eigenvalue weighted by Gasteiger charge is 2.43. The summed E-state index contributed by atoms with van der Waals surface area (Å²) in [7, 11) is 0. The summed E-state index contributed by atoms with van der Waals surface area (Å²) < 4.78 is 5.85. The molecule has 104 valence electrons. The summed E-state index contributed by atoms with van der Waals surface area (Å²) in [5, 5.41) is 9.40. The van der Waals surface area contributed by atoms with Crippen LogP contribution in [-0.2, 0) is 9.53 Å². The van der Waals surface area contributed by atoms with Crippen LogP contribution in [-0.4, -0.2) is 46.8 Å². The van der Waals surface area contributed by atoms with Crippen LogP contribution in [0.1, 0.15) is 46.5 Å². The SMILES string of the molecule is CCC1(C)CC(N2CCC(C)C2C(=O)O)CCO1. The van der Waals surface area contributed by atoms with Crippen LogP contribution in [0.5, 0.6) is 0 Å². The molecule has 0 amide bonds. The molecule has 2 heterocycles. The second-order valence-corrected chi connectivity index (χ2v) is 6.09. The third-order valence-corrected chi connectivity index (χ3v) is 4.78. The van der Waals surface area contributed by atoms with Gasteiger partial charge in [0.1, 0.15) is 6.04 Å². The first-order valence-corrected chi connectivity index (χ1v) is 7.09. The maximum Gasteiger partial charge on any atom is 0.321 e. The van der Waals surface area contributed by atoms with Gasteiger partial charge >= 0.3 is 5.97 Å². The Balaban J connectivity index is 2.09. The van der Waals surface area contributed by atoms with E-state index in [2.05, 4.69) is 25.7 Å². The van der Waals surface area contributed by atoms with Crippen LogP contribution in [0.4, 0.5) is 0 Å². The average molecular weight is 255 g/mol. The molecule has 0 spiro atoms. The summed E-state index contributed by atoms with van der Waals surface area (Å²) >= 11 is 0. The fraction of sp³-hybridized carbons (Fsp3) is 0.929. The largest absolute Gasteiger partial charge is 0.480 e. The van der Waals surface area contributed by atoms with Gasteiger partial charge in [-0.3, -0.25) is 9.69 Å². The van der Waals surface area contributed by atoms with Crippen molar-refractivity contribution in [2.45, 2.75) is 64.1 Å². The Labute approximate surface area is 109 Å². The zero-order valence-corrected chi connectivity index (χ0v) is 11.7. The molecule has 1 N–H and O–H groups in total. The molecule has 2 aliphatic heterocycles. The Morgan fingerprint density at radius 2 is 2.22 bits per heavy atom. The molecule has 4 nitrogen and oxygen atoms in total. The molecule has 0 saturated carbocycles. The third-order valence-electron chi connectivity index (χ3n) is 4.78. The number of carboxylic acids is 1. The highest BCUT2D eigenvalue weighted by atomic mass is 16.5. The van der Waals surface area contributed by atoms with Gasteiger partial charge in [0, 0.05) is 12.6 Å². The summed E-state index contributed by atoms with van der Waals surface area (Å²) in [4.78, 5) is 13.6. The Hall–Kier alpha value is -0.610. The fourth-order valence-electron chi connectivity index (χ4n) is 3.40. The quantitative estimate of drug-likeness (QED) is 0.839. The van der Waals surface area contributed by atoms with Crippen molar-refractivity contribution in [3.05, 3.63) is 0 Å². The van der Waals surface area contributed by atoms with Gasteiger partial charge in [0.25, 0.3) is 0 Å². The van der Waals surface area contributed by atoms with E-state index in [4.69, 9.17) is 4.74 Å². The Bertz CT molecular complexity index is 320. The van der Waals surface area contributed by atoms with Crippen LogP contribution in [0.3, 0.4) is 0 Å². The van der Waals surface area contributed by atoms with E-state index in [1.165, 1.54) is 0 Å². The first kappa shape index (κ1) is 13.8. The highest BCUT2D eigenvalue weighted by molar-refractivity contribution is 5.74. The molecule has 0 aromatic carbocycles. The predicted octanol–water partition coefficient (Wildman–Crippen LogP) is 2.13. The summed E-state index contributed by atoms with van der Waals surface area (Å²) in [5.41, 5.74) is -0.0716. The van der Waals surface area contributed by atoms with Gasteiger partial charge < -0.3 is 9.84 Å². The van der Waals surface area contributed by atoms with Crippen LogP contribution < -0.4 is 0 Å². The van der Waals surface area contributed by atoms with Gasteiger partial charge in [-0.15, -0.1) is 0 Å². The van der Waals surface area contributed by atoms with Crippen molar-refractivity contribution in [2.75, 3.05) is 13.2 Å². The lowest BCUT2D eigenvalue weighted by molar-refractivity contribution is -0.147. The molecular weight excluding hydrogens is 230 g/mol. The Morgan fingerprint density at radius 3 is 2.83 bits per heavy atom. The zero-order valence-electron chi connectivity index (χ0n) is 11.7. The van der Waals surface area contributed by atoms with Crippen molar-refractivity contribution in [1.29, 1.82) is 0 Å². The second-order valence-electron chi connectivity index (χ2n) is 6.09. The number of nitrogens with zero attached hydrogens (tertiary/aromatic N) is 1. The van der Waals surface area contributed by atoms with E-state index >= 15 is 0 Å². The van der Waals surface area contributed by atoms with Crippen molar-refractivity contribution >= 4 is 5.97 Å². The minimum atomic E-state index is -0.662. The van der Waals surface area contributed by atoms with Crippen LogP contribution in [0.15, 0.2) is 0 Å². The number of hydrogen-bond donors (Lipinski definition) is 1. The van der Waals surface area contributed by atoms with Crippen molar-refractivity contribution in [2.24, 2.45) is 5.92 Å². The predicted molar refractivity (Wildman–Crippen MR) is 69.6 cm³/mol. The van der Waals surface area contributed by atoms with Gasteiger partial charge in [0.05, 0.1) is 5.60 Å². The highest BCUT2D eigenvalue weighted by Crippen LogP contribution is 2.35. The monoisotopic (exact) mass is 255 g/mol. The Kier molecular flexibility index (Phi) is 3.97. The first-order chi connectivity index (χ1) is 8.47. The number of ether oxygens (including phenoxy) is 1. The van der Waals surface area contributed by atoms with Crippen molar-refractivity contribution in [1.82, 2.24) is 4.90 Å². The molecule has 2 fully saturated rings. The van der Waals surface area contributed by atoms with Crippen LogP contribution in [0.25, 0.3) is 0 Å². The second kappa shape index (κ2) is 5.17. The molecule has 2 aliphatic rings. The molecule has 0 aromatic heterocycles. The van der Waals surface area contributed by atoms with E-state index in [1.54, 1.807) is 0 Å². The van der Waals surface area contributed by atoms with Gasteiger partial charge in [0.15, 0.2) is 0 Å². The van der Waals surface area contributed by atoms with Crippen LogP contribution in [0.2, 0.25) is 0 Å². The summed E-state index contributed by atoms with van der Waals surface area (Å²) in [6.07, 6.45) is 3.91. The molecule has 0 aliphatic carbocycles. The molecule has 0 bridgehead atoms. The number of aliphatic carboxylic acids is 1. The van der Waals surface area contributed by atoms with Crippen molar-refractivity contribution in [3.63, 3.8) is 0 Å². The number of carboxylic acid groups (broad SMARTS) is 1. The lowest BCUT2D eigenvalue weighted by Crippen LogP contribution is -2.51. The lowest BCUT2D eigenvalue weighted by Gasteiger charge is -2.42. The fourth-order valence-corrected chi connectivity index (χ4v) is 3.40. The third kappa shape index (κ3) is 2.54. The van der Waals surface area contributed by atoms with Gasteiger partial charge in [-0.2, -0.15) is 0 Å². The van der Waals surface area contributed by atoms with Crippen LogP contribution >= 0.6 is 0 Å². The number of hydrogen-bond acceptors (Lipinski definition) is 3. The van der Waals surface area contributed by atoms with Crippen molar-refractivity contribution in [3.8, 4) is 0 Å². The molecule has 4 atom stereocenters. The molecular formula is C14H25NO3. The minimum absolute atomic E-state index is 0.0716. The summed E-state index contributed by atoms with van der Waals surface area (Å²) in [5.74, 6) is -0.400. The maximum absolute atomic E-state index is 11.4. The Morgan fingerprint density at radius 1 is 1.50 bits per heavy atom. The molecule has 0 radical (unpaired) electrons. The van der Waals surface area contributed by atoms with Crippen LogP contribution in [0, 0.1) is 5.92 Å². The van der Waals surface area contributed by atoms with Gasteiger partial charge in [-0.05, 0) is 45.1 Å². The smallest absolute Gasteiger partial charge is 0.321 e. The molecule has 4 unspecified atom stereocenters. The normalized spacial score (nSPS) is 42.1. The van der Waals surface area contributed by atoms with Gasteiger partial charge in [0.2, 0.25) is 0 Å². The minimum Gasteiger partial charge on any atom is -0.480 e. The summed E-state index contributed by atoms with van der Waals surface area (Å²) in [6, 6.07) is 0.0731. The standard InChI is InChI=1S/C14H25NO3/c1-4-14(3)9-11(6-8-18-14)15-7-5-10(2)12(15)13(16)17/h10-12H,4-9H2,1-3H3,(H,16,17). The maximum atomic E-state index is 11.4. The van der Waals surface area contributed by atoms with Gasteiger partial charge in [-0.1, -0.05) is 13.8 Å². The summed E-state index contributed by atoms with van der Waals surface area (Å²) in [6.45, 7) is 8.02. The molecule has 4 heteroatoms. The molecule has 2 saturated heterocycles. The van der Waals surface area contributed by atoms with Gasteiger partial charge in [-0.25, -0.2) is 0 Å². The van der Waals surface area contributed by atoms with E-state index < -0.39 is 5.97 Å². The molecule has 18 heavy (non-hydrogen) atoms. The first-order valence-electron chi connectivity index (χ1n) is 7.09. The lowest BCUT2D eigenvalue weighted by atomic mass is 9.88. The zero-order chi connectivity index (χ0) is 13.3. The number of rotatable bonds is 3. The average Bonchev–Trinajstić information content (AvgIpc) is 2.71. The molecule has 2 rings (SSSR count). The van der Waals surface area contributed by atoms with E-state index in [-0.39, 0.29) is 17.6 Å². The van der Waals surface area contributed by atoms with E-state index in [0.717, 1.165) is 38.8 Å². The van der Waals surface area contributed by atoms with E-state index in [0.29, 0.717) is 6.04 Å². The number of carbonyl (C=O) groups is 1. The molecule has 0 aromatic rings. The van der Waals surface area contributed by atoms with Crippen molar-refractivity contribution < 1.29 is 14.6 Å². The van der Waals surface area contributed by atoms with E-state index in [1.807, 2.05) is 0 Å². The van der Waals surface area contributed by atoms with E-state index in [9.17, 15) is 9.90 Å². The topological polar surface area (TPSA) is 49.8 Å².